The average Bonchev–Trinajstić information content (AvgIpc) is 3.07. The van der Waals surface area contributed by atoms with E-state index in [2.05, 4.69) is 5.32 Å². The number of sulfonamides is 1. The summed E-state index contributed by atoms with van der Waals surface area (Å²) in [6.07, 6.45) is 5.12. The van der Waals surface area contributed by atoms with Gasteiger partial charge in [-0.2, -0.15) is 0 Å². The topological polar surface area (TPSA) is 86.8 Å². The molecule has 1 fully saturated rings. The van der Waals surface area contributed by atoms with Crippen molar-refractivity contribution in [3.63, 3.8) is 0 Å². The molecule has 252 valence electrons. The number of rotatable bonds is 12. The summed E-state index contributed by atoms with van der Waals surface area (Å²) in [5, 5.41) is 3.21. The number of benzene rings is 4. The average molecular weight is 670 g/mol. The van der Waals surface area contributed by atoms with Crippen LogP contribution in [-0.4, -0.2) is 43.8 Å². The fourth-order valence-electron chi connectivity index (χ4n) is 6.32. The van der Waals surface area contributed by atoms with Crippen molar-refractivity contribution in [2.24, 2.45) is 0 Å². The van der Waals surface area contributed by atoms with Gasteiger partial charge in [0.25, 0.3) is 10.0 Å². The molecule has 48 heavy (non-hydrogen) atoms. The summed E-state index contributed by atoms with van der Waals surface area (Å²) in [6, 6.07) is 26.3. The quantitative estimate of drug-likeness (QED) is 0.176. The van der Waals surface area contributed by atoms with Gasteiger partial charge in [0.15, 0.2) is 0 Å². The van der Waals surface area contributed by atoms with Crippen LogP contribution in [0.25, 0.3) is 0 Å². The Bertz CT molecular complexity index is 1810. The van der Waals surface area contributed by atoms with Gasteiger partial charge in [-0.25, -0.2) is 12.8 Å². The molecule has 1 N–H and O–H groups in total. The van der Waals surface area contributed by atoms with Crippen molar-refractivity contribution in [1.29, 1.82) is 0 Å². The van der Waals surface area contributed by atoms with Crippen LogP contribution >= 0.6 is 0 Å². The van der Waals surface area contributed by atoms with Gasteiger partial charge in [-0.3, -0.25) is 13.9 Å². The minimum absolute atomic E-state index is 0.000850. The van der Waals surface area contributed by atoms with E-state index >= 15 is 0 Å². The van der Waals surface area contributed by atoms with Crippen LogP contribution in [0.3, 0.4) is 0 Å². The molecule has 1 saturated carbocycles. The zero-order chi connectivity index (χ0) is 34.3. The third kappa shape index (κ3) is 8.69. The normalized spacial score (nSPS) is 14.2. The summed E-state index contributed by atoms with van der Waals surface area (Å²) in [6.45, 7) is 5.06. The van der Waals surface area contributed by atoms with Gasteiger partial charge in [-0.05, 0) is 80.6 Å². The first-order chi connectivity index (χ1) is 23.0. The van der Waals surface area contributed by atoms with Crippen molar-refractivity contribution in [1.82, 2.24) is 10.2 Å². The summed E-state index contributed by atoms with van der Waals surface area (Å²) in [7, 11) is -4.21. The molecule has 4 aromatic rings. The van der Waals surface area contributed by atoms with E-state index in [4.69, 9.17) is 0 Å². The summed E-state index contributed by atoms with van der Waals surface area (Å²) in [5.74, 6) is -1.26. The van der Waals surface area contributed by atoms with Gasteiger partial charge >= 0.3 is 0 Å². The second kappa shape index (κ2) is 15.6. The fraction of sp³-hybridized carbons (Fsp3) is 0.333. The highest BCUT2D eigenvalue weighted by atomic mass is 32.2. The van der Waals surface area contributed by atoms with Gasteiger partial charge in [0, 0.05) is 19.0 Å². The van der Waals surface area contributed by atoms with Crippen LogP contribution in [0.1, 0.15) is 59.9 Å². The molecule has 0 bridgehead atoms. The van der Waals surface area contributed by atoms with Crippen LogP contribution < -0.4 is 9.62 Å². The first-order valence-corrected chi connectivity index (χ1v) is 18.0. The Kier molecular flexibility index (Phi) is 11.3. The second-order valence-corrected chi connectivity index (χ2v) is 14.7. The maximum Gasteiger partial charge on any atom is 0.264 e. The van der Waals surface area contributed by atoms with E-state index < -0.39 is 34.3 Å². The Balaban J connectivity index is 1.58. The summed E-state index contributed by atoms with van der Waals surface area (Å²) < 4.78 is 43.7. The number of hydrogen-bond donors (Lipinski definition) is 1. The molecule has 1 aliphatic rings. The van der Waals surface area contributed by atoms with Crippen molar-refractivity contribution >= 4 is 27.5 Å². The molecule has 2 amide bonds. The molecule has 1 aliphatic carbocycles. The fourth-order valence-corrected chi connectivity index (χ4v) is 7.80. The largest absolute Gasteiger partial charge is 0.352 e. The Labute approximate surface area is 283 Å². The molecular weight excluding hydrogens is 626 g/mol. The van der Waals surface area contributed by atoms with Crippen molar-refractivity contribution in [2.45, 2.75) is 82.8 Å². The van der Waals surface area contributed by atoms with E-state index in [9.17, 15) is 22.4 Å². The Morgan fingerprint density at radius 3 is 2.10 bits per heavy atom. The van der Waals surface area contributed by atoms with Gasteiger partial charge in [0.05, 0.1) is 10.6 Å². The number of hydrogen-bond acceptors (Lipinski definition) is 4. The van der Waals surface area contributed by atoms with E-state index in [0.717, 1.165) is 53.1 Å². The van der Waals surface area contributed by atoms with E-state index in [1.807, 2.05) is 63.2 Å². The van der Waals surface area contributed by atoms with Crippen LogP contribution in [0.4, 0.5) is 10.1 Å². The highest BCUT2D eigenvalue weighted by Crippen LogP contribution is 2.29. The minimum Gasteiger partial charge on any atom is -0.352 e. The van der Waals surface area contributed by atoms with Crippen LogP contribution in [0, 0.1) is 26.6 Å². The SMILES string of the molecule is Cc1ccc(S(=O)(=O)N(CC(=O)N(Cc2ccc(F)cc2)[C@H](Cc2ccccc2)C(=O)NC2CCCCC2)c2ccc(C)cc2C)cc1. The first-order valence-electron chi connectivity index (χ1n) is 16.6. The lowest BCUT2D eigenvalue weighted by molar-refractivity contribution is -0.140. The highest BCUT2D eigenvalue weighted by molar-refractivity contribution is 7.92. The number of aryl methyl sites for hydroxylation is 3. The molecule has 0 heterocycles. The van der Waals surface area contributed by atoms with E-state index in [1.54, 1.807) is 30.3 Å². The number of anilines is 1. The minimum atomic E-state index is -4.21. The lowest BCUT2D eigenvalue weighted by Gasteiger charge is -2.35. The predicted molar refractivity (Wildman–Crippen MR) is 188 cm³/mol. The molecule has 4 aromatic carbocycles. The van der Waals surface area contributed by atoms with E-state index in [-0.39, 0.29) is 29.8 Å². The van der Waals surface area contributed by atoms with Crippen LogP contribution in [0.2, 0.25) is 0 Å². The molecule has 0 aliphatic heterocycles. The molecule has 0 spiro atoms. The Hall–Kier alpha value is -4.50. The smallest absolute Gasteiger partial charge is 0.264 e. The summed E-state index contributed by atoms with van der Waals surface area (Å²) >= 11 is 0. The van der Waals surface area contributed by atoms with E-state index in [0.29, 0.717) is 16.8 Å². The number of carbonyl (C=O) groups is 2. The van der Waals surface area contributed by atoms with Crippen LogP contribution in [0.15, 0.2) is 102 Å². The molecule has 0 radical (unpaired) electrons. The van der Waals surface area contributed by atoms with Gasteiger partial charge < -0.3 is 10.2 Å². The number of amides is 2. The number of nitrogens with zero attached hydrogens (tertiary/aromatic N) is 2. The molecular formula is C39H44FN3O4S. The molecule has 7 nitrogen and oxygen atoms in total. The summed E-state index contributed by atoms with van der Waals surface area (Å²) in [4.78, 5) is 30.4. The van der Waals surface area contributed by atoms with Crippen LogP contribution in [-0.2, 0) is 32.6 Å². The van der Waals surface area contributed by atoms with Crippen molar-refractivity contribution in [3.8, 4) is 0 Å². The Morgan fingerprint density at radius 2 is 1.46 bits per heavy atom. The molecule has 1 atom stereocenters. The number of carbonyl (C=O) groups excluding carboxylic acids is 2. The zero-order valence-corrected chi connectivity index (χ0v) is 28.7. The van der Waals surface area contributed by atoms with Gasteiger partial charge in [-0.1, -0.05) is 97.1 Å². The number of nitrogens with one attached hydrogen (secondary N) is 1. The van der Waals surface area contributed by atoms with Gasteiger partial charge in [-0.15, -0.1) is 0 Å². The molecule has 0 saturated heterocycles. The third-order valence-corrected chi connectivity index (χ3v) is 10.8. The highest BCUT2D eigenvalue weighted by Gasteiger charge is 2.36. The number of halogens is 1. The van der Waals surface area contributed by atoms with Gasteiger partial charge in [0.1, 0.15) is 18.4 Å². The molecule has 9 heteroatoms. The van der Waals surface area contributed by atoms with Crippen LogP contribution in [0.5, 0.6) is 0 Å². The van der Waals surface area contributed by atoms with Gasteiger partial charge in [0.2, 0.25) is 11.8 Å². The predicted octanol–water partition coefficient (Wildman–Crippen LogP) is 7.04. The monoisotopic (exact) mass is 669 g/mol. The van der Waals surface area contributed by atoms with Crippen molar-refractivity contribution < 1.29 is 22.4 Å². The van der Waals surface area contributed by atoms with Crippen molar-refractivity contribution in [3.05, 3.63) is 131 Å². The standard InChI is InChI=1S/C39H44FN3O4S/c1-28-14-21-35(22-15-28)48(46,47)43(36-23-16-29(2)24-30(36)3)27-38(44)42(26-32-17-19-33(40)20-18-32)37(25-31-10-6-4-7-11-31)39(45)41-34-12-8-5-9-13-34/h4,6-7,10-11,14-24,34,37H,5,8-9,12-13,25-27H2,1-3H3,(H,41,45)/t37-/m1/s1. The second-order valence-electron chi connectivity index (χ2n) is 12.8. The van der Waals surface area contributed by atoms with Crippen molar-refractivity contribution in [2.75, 3.05) is 10.8 Å². The van der Waals surface area contributed by atoms with E-state index in [1.165, 1.54) is 29.2 Å². The maximum absolute atomic E-state index is 14.7. The molecule has 5 rings (SSSR count). The molecule has 0 aromatic heterocycles. The first kappa shape index (κ1) is 34.8. The summed E-state index contributed by atoms with van der Waals surface area (Å²) in [5.41, 5.74) is 4.41. The third-order valence-electron chi connectivity index (χ3n) is 9.00. The lowest BCUT2D eigenvalue weighted by Crippen LogP contribution is -2.55. The maximum atomic E-state index is 14.7. The zero-order valence-electron chi connectivity index (χ0n) is 27.9. The lowest BCUT2D eigenvalue weighted by atomic mass is 9.94. The Morgan fingerprint density at radius 1 is 0.812 bits per heavy atom. The molecule has 0 unspecified atom stereocenters.